The van der Waals surface area contributed by atoms with Gasteiger partial charge in [0.1, 0.15) is 18.2 Å². The van der Waals surface area contributed by atoms with Gasteiger partial charge in [-0.2, -0.15) is 4.98 Å². The summed E-state index contributed by atoms with van der Waals surface area (Å²) in [7, 11) is 3.17. The molecule has 1 aliphatic rings. The van der Waals surface area contributed by atoms with E-state index in [0.717, 1.165) is 12.0 Å². The van der Waals surface area contributed by atoms with Crippen molar-refractivity contribution in [3.05, 3.63) is 52.3 Å². The van der Waals surface area contributed by atoms with Crippen LogP contribution in [0.15, 0.2) is 30.3 Å². The minimum atomic E-state index is -0.401. The summed E-state index contributed by atoms with van der Waals surface area (Å²) >= 11 is 6.09. The summed E-state index contributed by atoms with van der Waals surface area (Å²) < 4.78 is 29.9. The van der Waals surface area contributed by atoms with Crippen LogP contribution in [-0.2, 0) is 27.4 Å². The number of nitrogens with one attached hydrogen (secondary N) is 1. The minimum absolute atomic E-state index is 0.0618. The molecule has 0 amide bonds. The van der Waals surface area contributed by atoms with Gasteiger partial charge in [0.2, 0.25) is 5.88 Å². The molecule has 0 saturated carbocycles. The maximum Gasteiger partial charge on any atom is 0.320 e. The molecule has 1 aromatic heterocycles. The molecule has 2 atom stereocenters. The summed E-state index contributed by atoms with van der Waals surface area (Å²) in [6, 6.07) is 8.04. The molecular weight excluding hydrogens is 439 g/mol. The van der Waals surface area contributed by atoms with Crippen LogP contribution < -0.4 is 15.8 Å². The minimum Gasteiger partial charge on any atom is -0.481 e. The van der Waals surface area contributed by atoms with Crippen LogP contribution >= 0.6 is 11.6 Å². The van der Waals surface area contributed by atoms with E-state index in [1.54, 1.807) is 31.4 Å². The molecule has 174 valence electrons. The van der Waals surface area contributed by atoms with Crippen LogP contribution in [0.4, 0.5) is 10.2 Å². The predicted octanol–water partition coefficient (Wildman–Crippen LogP) is 2.39. The Morgan fingerprint density at radius 2 is 2.12 bits per heavy atom. The van der Waals surface area contributed by atoms with Crippen molar-refractivity contribution in [2.24, 2.45) is 0 Å². The molecule has 0 unspecified atom stereocenters. The highest BCUT2D eigenvalue weighted by atomic mass is 35.5. The predicted molar refractivity (Wildman–Crippen MR) is 119 cm³/mol. The van der Waals surface area contributed by atoms with Gasteiger partial charge in [-0.3, -0.25) is 9.69 Å². The first kappa shape index (κ1) is 24.2. The third-order valence-corrected chi connectivity index (χ3v) is 5.74. The summed E-state index contributed by atoms with van der Waals surface area (Å²) in [6.07, 6.45) is 0.628. The van der Waals surface area contributed by atoms with Gasteiger partial charge in [0.15, 0.2) is 0 Å². The molecule has 0 aliphatic carbocycles. The van der Waals surface area contributed by atoms with E-state index < -0.39 is 5.97 Å². The molecule has 2 heterocycles. The fourth-order valence-corrected chi connectivity index (χ4v) is 3.84. The lowest BCUT2D eigenvalue weighted by molar-refractivity contribution is -0.147. The van der Waals surface area contributed by atoms with E-state index in [1.807, 2.05) is 4.90 Å². The number of hydrogen-bond donors (Lipinski definition) is 2. The van der Waals surface area contributed by atoms with Crippen molar-refractivity contribution in [2.45, 2.75) is 31.7 Å². The maximum absolute atomic E-state index is 13.7. The van der Waals surface area contributed by atoms with Crippen molar-refractivity contribution in [1.29, 1.82) is 0 Å². The van der Waals surface area contributed by atoms with Crippen molar-refractivity contribution in [3.63, 3.8) is 0 Å². The lowest BCUT2D eigenvalue weighted by Gasteiger charge is -2.37. The second-order valence-electron chi connectivity index (χ2n) is 7.56. The van der Waals surface area contributed by atoms with Gasteiger partial charge in [-0.05, 0) is 18.6 Å². The molecular formula is C22H28ClFN4O4. The Labute approximate surface area is 191 Å². The molecule has 1 aromatic carbocycles. The number of anilines is 1. The number of ether oxygens (including phenoxy) is 3. The number of nitrogens with two attached hydrogens (primary N) is 1. The van der Waals surface area contributed by atoms with E-state index in [-0.39, 0.29) is 36.9 Å². The van der Waals surface area contributed by atoms with Crippen molar-refractivity contribution in [2.75, 3.05) is 39.6 Å². The van der Waals surface area contributed by atoms with Crippen LogP contribution in [0.25, 0.3) is 0 Å². The molecule has 2 aromatic rings. The maximum atomic E-state index is 13.7. The Morgan fingerprint density at radius 3 is 2.84 bits per heavy atom. The number of carbonyl (C=O) groups is 1. The van der Waals surface area contributed by atoms with Gasteiger partial charge in [0.05, 0.1) is 24.8 Å². The fourth-order valence-electron chi connectivity index (χ4n) is 3.67. The first-order chi connectivity index (χ1) is 15.4. The zero-order valence-electron chi connectivity index (χ0n) is 18.1. The number of aromatic nitrogens is 1. The Morgan fingerprint density at radius 1 is 1.34 bits per heavy atom. The second-order valence-corrected chi connectivity index (χ2v) is 7.97. The molecule has 1 aliphatic heterocycles. The zero-order valence-corrected chi connectivity index (χ0v) is 18.9. The number of benzene rings is 1. The Bertz CT molecular complexity index is 933. The number of halogens is 2. The van der Waals surface area contributed by atoms with Gasteiger partial charge >= 0.3 is 5.97 Å². The SMILES string of the molecule is COc1nc(N)c(Cl)cc1CN[C@H]1CCN(CC(=O)OCc2ccccc2F)C[C@H]1OC. The molecule has 0 bridgehead atoms. The number of methoxy groups -OCH3 is 2. The Hall–Kier alpha value is -2.46. The highest BCUT2D eigenvalue weighted by Crippen LogP contribution is 2.25. The van der Waals surface area contributed by atoms with Gasteiger partial charge in [-0.15, -0.1) is 0 Å². The lowest BCUT2D eigenvalue weighted by atomic mass is 10.0. The number of rotatable bonds is 9. The van der Waals surface area contributed by atoms with E-state index in [0.29, 0.717) is 36.1 Å². The van der Waals surface area contributed by atoms with Crippen molar-refractivity contribution in [3.8, 4) is 5.88 Å². The van der Waals surface area contributed by atoms with E-state index in [1.165, 1.54) is 13.2 Å². The Balaban J connectivity index is 1.50. The summed E-state index contributed by atoms with van der Waals surface area (Å²) in [4.78, 5) is 18.4. The molecule has 32 heavy (non-hydrogen) atoms. The molecule has 3 N–H and O–H groups in total. The monoisotopic (exact) mass is 466 g/mol. The van der Waals surface area contributed by atoms with Crippen LogP contribution in [0.2, 0.25) is 5.02 Å². The number of pyridine rings is 1. The van der Waals surface area contributed by atoms with Crippen LogP contribution in [0.3, 0.4) is 0 Å². The summed E-state index contributed by atoms with van der Waals surface area (Å²) in [5, 5.41) is 3.83. The second kappa shape index (κ2) is 11.4. The third-order valence-electron chi connectivity index (χ3n) is 5.44. The van der Waals surface area contributed by atoms with Crippen molar-refractivity contribution < 1.29 is 23.4 Å². The molecule has 3 rings (SSSR count). The smallest absolute Gasteiger partial charge is 0.320 e. The largest absolute Gasteiger partial charge is 0.481 e. The lowest BCUT2D eigenvalue weighted by Crippen LogP contribution is -2.54. The summed E-state index contributed by atoms with van der Waals surface area (Å²) in [5.74, 6) is -0.150. The van der Waals surface area contributed by atoms with Gasteiger partial charge in [-0.25, -0.2) is 4.39 Å². The van der Waals surface area contributed by atoms with Crippen LogP contribution in [0.5, 0.6) is 5.88 Å². The van der Waals surface area contributed by atoms with Gasteiger partial charge in [-0.1, -0.05) is 29.8 Å². The molecule has 0 spiro atoms. The normalized spacial score (nSPS) is 19.0. The number of carbonyl (C=O) groups excluding carboxylic acids is 1. The van der Waals surface area contributed by atoms with Crippen molar-refractivity contribution >= 4 is 23.4 Å². The summed E-state index contributed by atoms with van der Waals surface area (Å²) in [6.45, 7) is 1.75. The quantitative estimate of drug-likeness (QED) is 0.543. The average molecular weight is 467 g/mol. The third kappa shape index (κ3) is 6.29. The number of esters is 1. The van der Waals surface area contributed by atoms with Gasteiger partial charge in [0.25, 0.3) is 0 Å². The molecule has 1 saturated heterocycles. The first-order valence-corrected chi connectivity index (χ1v) is 10.7. The highest BCUT2D eigenvalue weighted by Gasteiger charge is 2.30. The highest BCUT2D eigenvalue weighted by molar-refractivity contribution is 6.32. The molecule has 10 heteroatoms. The molecule has 8 nitrogen and oxygen atoms in total. The number of nitrogen functional groups attached to an aromatic ring is 1. The van der Waals surface area contributed by atoms with Crippen LogP contribution in [0, 0.1) is 5.82 Å². The zero-order chi connectivity index (χ0) is 23.1. The standard InChI is InChI=1S/C22H28ClFN4O4/c1-30-19-11-28(12-20(29)32-13-14-5-3-4-6-17(14)24)8-7-18(19)26-10-15-9-16(23)21(25)27-22(15)31-2/h3-6,9,18-19,26H,7-8,10-13H2,1-2H3,(H2,25,27)/t18-,19+/m0/s1. The van der Waals surface area contributed by atoms with Crippen LogP contribution in [-0.4, -0.2) is 61.9 Å². The van der Waals surface area contributed by atoms with Gasteiger partial charge in [0, 0.05) is 43.9 Å². The Kier molecular flexibility index (Phi) is 8.63. The average Bonchev–Trinajstić information content (AvgIpc) is 2.79. The van der Waals surface area contributed by atoms with Gasteiger partial charge < -0.3 is 25.3 Å². The number of piperidine rings is 1. The van der Waals surface area contributed by atoms with Crippen LogP contribution in [0.1, 0.15) is 17.5 Å². The van der Waals surface area contributed by atoms with E-state index in [2.05, 4.69) is 10.3 Å². The van der Waals surface area contributed by atoms with E-state index >= 15 is 0 Å². The van der Waals surface area contributed by atoms with E-state index in [4.69, 9.17) is 31.5 Å². The molecule has 1 fully saturated rings. The number of hydrogen-bond acceptors (Lipinski definition) is 8. The van der Waals surface area contributed by atoms with Crippen molar-refractivity contribution in [1.82, 2.24) is 15.2 Å². The first-order valence-electron chi connectivity index (χ1n) is 10.3. The molecule has 0 radical (unpaired) electrons. The fraction of sp³-hybridized carbons (Fsp3) is 0.455. The number of likely N-dealkylation sites (tertiary alicyclic amines) is 1. The topological polar surface area (TPSA) is 98.9 Å². The number of nitrogens with zero attached hydrogens (tertiary/aromatic N) is 2. The summed E-state index contributed by atoms with van der Waals surface area (Å²) in [5.41, 5.74) is 6.88. The van der Waals surface area contributed by atoms with E-state index in [9.17, 15) is 9.18 Å².